The number of methoxy groups -OCH3 is 1. The van der Waals surface area contributed by atoms with E-state index in [4.69, 9.17) is 4.74 Å². The van der Waals surface area contributed by atoms with Crippen molar-refractivity contribution in [1.29, 1.82) is 0 Å². The molecule has 3 heteroatoms. The number of hydrogen-bond acceptors (Lipinski definition) is 2. The van der Waals surface area contributed by atoms with E-state index >= 15 is 0 Å². The number of benzene rings is 1. The number of ether oxygens (including phenoxy) is 1. The molecule has 0 radical (unpaired) electrons. The Bertz CT molecular complexity index is 424. The van der Waals surface area contributed by atoms with Crippen LogP contribution in [0.15, 0.2) is 24.3 Å². The summed E-state index contributed by atoms with van der Waals surface area (Å²) in [6, 6.07) is 6.13. The van der Waals surface area contributed by atoms with Crippen molar-refractivity contribution in [1.82, 2.24) is 0 Å². The average molecular weight is 240 g/mol. The Morgan fingerprint density at radius 3 is 2.56 bits per heavy atom. The highest BCUT2D eigenvalue weighted by atomic mass is 35.5. The summed E-state index contributed by atoms with van der Waals surface area (Å²) in [7, 11) is 1.71. The third kappa shape index (κ3) is 2.17. The van der Waals surface area contributed by atoms with E-state index in [1.165, 1.54) is 11.1 Å². The highest BCUT2D eigenvalue weighted by molar-refractivity contribution is 5.85. The molecule has 0 fully saturated rings. The molecule has 2 nitrogen and oxygen atoms in total. The Balaban J connectivity index is 0.00000128. The fraction of sp³-hybridized carbons (Fsp3) is 0.385. The quantitative estimate of drug-likeness (QED) is 0.807. The first kappa shape index (κ1) is 12.9. The van der Waals surface area contributed by atoms with Crippen LogP contribution in [0.5, 0.6) is 5.75 Å². The maximum atomic E-state index is 5.36. The second-order valence-electron chi connectivity index (χ2n) is 4.56. The lowest BCUT2D eigenvalue weighted by molar-refractivity contribution is 0.415. The number of allylic oxidation sites excluding steroid dienone is 1. The van der Waals surface area contributed by atoms with Gasteiger partial charge in [0.1, 0.15) is 5.75 Å². The van der Waals surface area contributed by atoms with Gasteiger partial charge in [0, 0.05) is 5.56 Å². The normalized spacial score (nSPS) is 16.4. The van der Waals surface area contributed by atoms with Crippen LogP contribution >= 0.6 is 12.4 Å². The third-order valence-electron chi connectivity index (χ3n) is 2.70. The standard InChI is InChI=1S/C13H17NO.ClH/c1-9-8-13(2,3)14-12-10(9)6-5-7-11(12)15-4;/h5-8,14H,1-4H3;1H. The minimum absolute atomic E-state index is 0. The molecule has 0 saturated heterocycles. The molecule has 0 aromatic heterocycles. The molecule has 0 saturated carbocycles. The average Bonchev–Trinajstić information content (AvgIpc) is 2.15. The van der Waals surface area contributed by atoms with Gasteiger partial charge in [0.05, 0.1) is 18.3 Å². The van der Waals surface area contributed by atoms with Crippen LogP contribution in [0.4, 0.5) is 5.69 Å². The number of hydrogen-bond donors (Lipinski definition) is 1. The molecule has 0 unspecified atom stereocenters. The molecule has 1 aromatic rings. The molecule has 88 valence electrons. The van der Waals surface area contributed by atoms with Gasteiger partial charge >= 0.3 is 0 Å². The van der Waals surface area contributed by atoms with Gasteiger partial charge in [-0.15, -0.1) is 12.4 Å². The van der Waals surface area contributed by atoms with Crippen molar-refractivity contribution in [2.24, 2.45) is 0 Å². The summed E-state index contributed by atoms with van der Waals surface area (Å²) < 4.78 is 5.36. The van der Waals surface area contributed by atoms with Crippen LogP contribution < -0.4 is 10.1 Å². The third-order valence-corrected chi connectivity index (χ3v) is 2.70. The van der Waals surface area contributed by atoms with Gasteiger partial charge < -0.3 is 10.1 Å². The SMILES string of the molecule is COc1cccc2c1NC(C)(C)C=C2C.Cl. The van der Waals surface area contributed by atoms with Gasteiger partial charge in [-0.2, -0.15) is 0 Å². The van der Waals surface area contributed by atoms with Crippen molar-refractivity contribution < 1.29 is 4.74 Å². The number of halogens is 1. The predicted octanol–water partition coefficient (Wildman–Crippen LogP) is 3.72. The zero-order chi connectivity index (χ0) is 11.1. The highest BCUT2D eigenvalue weighted by Gasteiger charge is 2.24. The van der Waals surface area contributed by atoms with E-state index in [0.717, 1.165) is 11.4 Å². The smallest absolute Gasteiger partial charge is 0.142 e. The Kier molecular flexibility index (Phi) is 3.54. The van der Waals surface area contributed by atoms with E-state index in [0.29, 0.717) is 0 Å². The van der Waals surface area contributed by atoms with Gasteiger partial charge in [-0.05, 0) is 32.4 Å². The van der Waals surface area contributed by atoms with Crippen LogP contribution in [-0.4, -0.2) is 12.6 Å². The van der Waals surface area contributed by atoms with Crippen LogP contribution in [0.1, 0.15) is 26.3 Å². The first-order valence-corrected chi connectivity index (χ1v) is 5.18. The zero-order valence-electron chi connectivity index (χ0n) is 10.1. The number of fused-ring (bicyclic) bond motifs is 1. The van der Waals surface area contributed by atoms with E-state index < -0.39 is 0 Å². The minimum atomic E-state index is -0.00822. The molecule has 0 aliphatic carbocycles. The van der Waals surface area contributed by atoms with Gasteiger partial charge in [-0.3, -0.25) is 0 Å². The van der Waals surface area contributed by atoms with E-state index in [1.807, 2.05) is 12.1 Å². The van der Waals surface area contributed by atoms with Gasteiger partial charge in [0.2, 0.25) is 0 Å². The summed E-state index contributed by atoms with van der Waals surface area (Å²) in [5.41, 5.74) is 3.62. The summed E-state index contributed by atoms with van der Waals surface area (Å²) in [5, 5.41) is 3.48. The second kappa shape index (κ2) is 4.38. The van der Waals surface area contributed by atoms with Gasteiger partial charge in [0.15, 0.2) is 0 Å². The lowest BCUT2D eigenvalue weighted by Crippen LogP contribution is -2.31. The van der Waals surface area contributed by atoms with Gasteiger partial charge in [0.25, 0.3) is 0 Å². The lowest BCUT2D eigenvalue weighted by Gasteiger charge is -2.32. The molecular weight excluding hydrogens is 222 g/mol. The molecule has 1 heterocycles. The van der Waals surface area contributed by atoms with Crippen molar-refractivity contribution in [2.75, 3.05) is 12.4 Å². The molecule has 1 aromatic carbocycles. The van der Waals surface area contributed by atoms with E-state index in [9.17, 15) is 0 Å². The van der Waals surface area contributed by atoms with Crippen LogP contribution in [0, 0.1) is 0 Å². The van der Waals surface area contributed by atoms with E-state index in [1.54, 1.807) is 7.11 Å². The summed E-state index contributed by atoms with van der Waals surface area (Å²) in [6.45, 7) is 6.46. The van der Waals surface area contributed by atoms with Crippen molar-refractivity contribution in [3.63, 3.8) is 0 Å². The van der Waals surface area contributed by atoms with Crippen LogP contribution in [0.25, 0.3) is 5.57 Å². The number of para-hydroxylation sites is 1. The Morgan fingerprint density at radius 2 is 1.94 bits per heavy atom. The Morgan fingerprint density at radius 1 is 1.25 bits per heavy atom. The monoisotopic (exact) mass is 239 g/mol. The molecule has 0 bridgehead atoms. The van der Waals surface area contributed by atoms with Crippen LogP contribution in [0.2, 0.25) is 0 Å². The largest absolute Gasteiger partial charge is 0.495 e. The van der Waals surface area contributed by atoms with Gasteiger partial charge in [-0.25, -0.2) is 0 Å². The Hall–Kier alpha value is -1.15. The first-order valence-electron chi connectivity index (χ1n) is 5.18. The molecule has 16 heavy (non-hydrogen) atoms. The summed E-state index contributed by atoms with van der Waals surface area (Å²) in [4.78, 5) is 0. The zero-order valence-corrected chi connectivity index (χ0v) is 10.9. The molecule has 1 aliphatic heterocycles. The minimum Gasteiger partial charge on any atom is -0.495 e. The molecule has 0 spiro atoms. The van der Waals surface area contributed by atoms with Crippen LogP contribution in [0.3, 0.4) is 0 Å². The highest BCUT2D eigenvalue weighted by Crippen LogP contribution is 2.39. The molecule has 0 amide bonds. The van der Waals surface area contributed by atoms with Crippen molar-refractivity contribution in [3.8, 4) is 5.75 Å². The summed E-state index contributed by atoms with van der Waals surface area (Å²) in [5.74, 6) is 0.910. The number of nitrogens with one attached hydrogen (secondary N) is 1. The predicted molar refractivity (Wildman–Crippen MR) is 71.6 cm³/mol. The van der Waals surface area contributed by atoms with E-state index in [2.05, 4.69) is 38.2 Å². The summed E-state index contributed by atoms with van der Waals surface area (Å²) in [6.07, 6.45) is 2.24. The number of rotatable bonds is 1. The fourth-order valence-corrected chi connectivity index (χ4v) is 2.14. The molecule has 1 aliphatic rings. The Labute approximate surface area is 103 Å². The fourth-order valence-electron chi connectivity index (χ4n) is 2.14. The maximum Gasteiger partial charge on any atom is 0.142 e. The molecule has 1 N–H and O–H groups in total. The van der Waals surface area contributed by atoms with Gasteiger partial charge in [-0.1, -0.05) is 18.2 Å². The molecular formula is C13H18ClNO. The first-order chi connectivity index (χ1) is 7.03. The van der Waals surface area contributed by atoms with Crippen molar-refractivity contribution in [3.05, 3.63) is 29.8 Å². The number of anilines is 1. The maximum absolute atomic E-state index is 5.36. The van der Waals surface area contributed by atoms with Crippen molar-refractivity contribution in [2.45, 2.75) is 26.3 Å². The topological polar surface area (TPSA) is 21.3 Å². The second-order valence-corrected chi connectivity index (χ2v) is 4.56. The summed E-state index contributed by atoms with van der Waals surface area (Å²) >= 11 is 0. The van der Waals surface area contributed by atoms with Crippen molar-refractivity contribution >= 4 is 23.7 Å². The molecule has 0 atom stereocenters. The lowest BCUT2D eigenvalue weighted by atomic mass is 9.91. The van der Waals surface area contributed by atoms with Crippen LogP contribution in [-0.2, 0) is 0 Å². The van der Waals surface area contributed by atoms with E-state index in [-0.39, 0.29) is 17.9 Å². The molecule has 2 rings (SSSR count).